The zero-order valence-corrected chi connectivity index (χ0v) is 11.3. The van der Waals surface area contributed by atoms with Crippen LogP contribution in [-0.2, 0) is 11.3 Å². The van der Waals surface area contributed by atoms with Gasteiger partial charge in [0.2, 0.25) is 0 Å². The van der Waals surface area contributed by atoms with Crippen LogP contribution >= 0.6 is 0 Å². The fourth-order valence-corrected chi connectivity index (χ4v) is 2.10. The Bertz CT molecular complexity index is 443. The molecule has 0 amide bonds. The van der Waals surface area contributed by atoms with Gasteiger partial charge in [-0.25, -0.2) is 4.98 Å². The Hall–Kier alpha value is -1.64. The second-order valence-electron chi connectivity index (χ2n) is 4.70. The Balaban J connectivity index is 1.93. The Labute approximate surface area is 114 Å². The molecule has 1 atom stereocenters. The molecule has 0 aromatic carbocycles. The van der Waals surface area contributed by atoms with Crippen molar-refractivity contribution in [3.05, 3.63) is 23.9 Å². The van der Waals surface area contributed by atoms with Crippen LogP contribution < -0.4 is 5.32 Å². The second kappa shape index (κ2) is 7.07. The van der Waals surface area contributed by atoms with Gasteiger partial charge in [-0.2, -0.15) is 5.26 Å². The van der Waals surface area contributed by atoms with Crippen molar-refractivity contribution < 1.29 is 4.74 Å². The lowest BCUT2D eigenvalue weighted by Crippen LogP contribution is -2.41. The van der Waals surface area contributed by atoms with Crippen LogP contribution in [0.5, 0.6) is 0 Å². The normalized spacial score (nSPS) is 19.9. The number of ether oxygens (including phenoxy) is 1. The molecule has 19 heavy (non-hydrogen) atoms. The van der Waals surface area contributed by atoms with E-state index in [4.69, 9.17) is 10.00 Å². The maximum Gasteiger partial charge on any atom is 0.156 e. The van der Waals surface area contributed by atoms with E-state index in [-0.39, 0.29) is 6.10 Å². The third-order valence-corrected chi connectivity index (χ3v) is 3.08. The van der Waals surface area contributed by atoms with E-state index in [1.54, 1.807) is 0 Å². The Morgan fingerprint density at radius 3 is 3.32 bits per heavy atom. The zero-order chi connectivity index (χ0) is 13.5. The van der Waals surface area contributed by atoms with Crippen LogP contribution in [0.25, 0.3) is 0 Å². The summed E-state index contributed by atoms with van der Waals surface area (Å²) in [4.78, 5) is 6.54. The molecule has 0 aliphatic carbocycles. The minimum absolute atomic E-state index is 0.298. The van der Waals surface area contributed by atoms with E-state index in [0.717, 1.165) is 31.9 Å². The quantitative estimate of drug-likeness (QED) is 0.872. The number of hydrogen-bond donors (Lipinski definition) is 1. The van der Waals surface area contributed by atoms with E-state index in [2.05, 4.69) is 34.3 Å². The van der Waals surface area contributed by atoms with Gasteiger partial charge in [0.05, 0.1) is 12.7 Å². The Morgan fingerprint density at radius 2 is 2.53 bits per heavy atom. The van der Waals surface area contributed by atoms with Crippen molar-refractivity contribution in [2.75, 3.05) is 31.6 Å². The SMILES string of the molecule is CCCNc1cc(CN2CCOC(C#N)C2)ccn1. The van der Waals surface area contributed by atoms with Crippen LogP contribution in [0.1, 0.15) is 18.9 Å². The van der Waals surface area contributed by atoms with Gasteiger partial charge in [0.1, 0.15) is 5.82 Å². The lowest BCUT2D eigenvalue weighted by molar-refractivity contribution is -0.00269. The van der Waals surface area contributed by atoms with Gasteiger partial charge in [0.15, 0.2) is 6.10 Å². The highest BCUT2D eigenvalue weighted by Crippen LogP contribution is 2.12. The van der Waals surface area contributed by atoms with Crippen LogP contribution in [0.3, 0.4) is 0 Å². The van der Waals surface area contributed by atoms with E-state index in [9.17, 15) is 0 Å². The first-order chi connectivity index (χ1) is 9.31. The Kier molecular flexibility index (Phi) is 5.13. The van der Waals surface area contributed by atoms with Gasteiger partial charge in [-0.15, -0.1) is 0 Å². The number of nitriles is 1. The predicted octanol–water partition coefficient (Wildman–Crippen LogP) is 1.63. The predicted molar refractivity (Wildman–Crippen MR) is 73.6 cm³/mol. The topological polar surface area (TPSA) is 61.2 Å². The Morgan fingerprint density at radius 1 is 1.63 bits per heavy atom. The number of anilines is 1. The molecule has 0 bridgehead atoms. The van der Waals surface area contributed by atoms with Crippen LogP contribution in [0.4, 0.5) is 5.82 Å². The van der Waals surface area contributed by atoms with Crippen LogP contribution in [0.2, 0.25) is 0 Å². The molecule has 0 radical (unpaired) electrons. The highest BCUT2D eigenvalue weighted by atomic mass is 16.5. The van der Waals surface area contributed by atoms with Crippen molar-refractivity contribution in [1.29, 1.82) is 5.26 Å². The number of hydrogen-bond acceptors (Lipinski definition) is 5. The van der Waals surface area contributed by atoms with E-state index in [1.807, 2.05) is 12.3 Å². The van der Waals surface area contributed by atoms with Crippen molar-refractivity contribution >= 4 is 5.82 Å². The fourth-order valence-electron chi connectivity index (χ4n) is 2.10. The molecule has 2 rings (SSSR count). The van der Waals surface area contributed by atoms with Crippen molar-refractivity contribution in [1.82, 2.24) is 9.88 Å². The monoisotopic (exact) mass is 260 g/mol. The summed E-state index contributed by atoms with van der Waals surface area (Å²) in [5, 5.41) is 12.2. The first kappa shape index (κ1) is 13.8. The van der Waals surface area contributed by atoms with E-state index >= 15 is 0 Å². The number of nitrogens with one attached hydrogen (secondary N) is 1. The van der Waals surface area contributed by atoms with E-state index in [0.29, 0.717) is 13.2 Å². The molecule has 1 N–H and O–H groups in total. The average Bonchev–Trinajstić information content (AvgIpc) is 2.46. The number of pyridine rings is 1. The van der Waals surface area contributed by atoms with Crippen LogP contribution in [0, 0.1) is 11.3 Å². The molecule has 5 heteroatoms. The standard InChI is InChI=1S/C14H20N4O/c1-2-4-16-14-8-12(3-5-17-14)10-18-6-7-19-13(9-15)11-18/h3,5,8,13H,2,4,6-7,10-11H2,1H3,(H,16,17). The summed E-state index contributed by atoms with van der Waals surface area (Å²) in [6.07, 6.45) is 2.61. The van der Waals surface area contributed by atoms with Gasteiger partial charge < -0.3 is 10.1 Å². The van der Waals surface area contributed by atoms with Crippen molar-refractivity contribution in [3.8, 4) is 6.07 Å². The van der Waals surface area contributed by atoms with Gasteiger partial charge in [0, 0.05) is 32.4 Å². The van der Waals surface area contributed by atoms with Gasteiger partial charge in [-0.1, -0.05) is 6.92 Å². The highest BCUT2D eigenvalue weighted by Gasteiger charge is 2.19. The molecular formula is C14H20N4O. The number of morpholine rings is 1. The minimum atomic E-state index is -0.298. The van der Waals surface area contributed by atoms with Gasteiger partial charge in [-0.05, 0) is 24.1 Å². The zero-order valence-electron chi connectivity index (χ0n) is 11.3. The summed E-state index contributed by atoms with van der Waals surface area (Å²) in [5.74, 6) is 0.921. The molecule has 0 saturated carbocycles. The number of nitrogens with zero attached hydrogens (tertiary/aromatic N) is 3. The summed E-state index contributed by atoms with van der Waals surface area (Å²) >= 11 is 0. The van der Waals surface area contributed by atoms with Crippen molar-refractivity contribution in [2.24, 2.45) is 0 Å². The summed E-state index contributed by atoms with van der Waals surface area (Å²) in [7, 11) is 0. The van der Waals surface area contributed by atoms with Gasteiger partial charge in [0.25, 0.3) is 0 Å². The summed E-state index contributed by atoms with van der Waals surface area (Å²) in [6.45, 7) is 6.08. The molecule has 5 nitrogen and oxygen atoms in total. The summed E-state index contributed by atoms with van der Waals surface area (Å²) in [6, 6.07) is 6.27. The average molecular weight is 260 g/mol. The third-order valence-electron chi connectivity index (χ3n) is 3.08. The molecule has 1 saturated heterocycles. The highest BCUT2D eigenvalue weighted by molar-refractivity contribution is 5.37. The maximum atomic E-state index is 8.89. The molecule has 0 spiro atoms. The molecular weight excluding hydrogens is 240 g/mol. The first-order valence-corrected chi connectivity index (χ1v) is 6.74. The van der Waals surface area contributed by atoms with Gasteiger partial charge in [-0.3, -0.25) is 4.90 Å². The number of rotatable bonds is 5. The van der Waals surface area contributed by atoms with Gasteiger partial charge >= 0.3 is 0 Å². The van der Waals surface area contributed by atoms with Crippen molar-refractivity contribution in [2.45, 2.75) is 26.0 Å². The minimum Gasteiger partial charge on any atom is -0.370 e. The molecule has 1 aromatic rings. The third kappa shape index (κ3) is 4.19. The number of aromatic nitrogens is 1. The lowest BCUT2D eigenvalue weighted by Gasteiger charge is -2.29. The molecule has 1 aliphatic heterocycles. The molecule has 2 heterocycles. The molecule has 1 aromatic heterocycles. The summed E-state index contributed by atoms with van der Waals surface area (Å²) < 4.78 is 5.34. The van der Waals surface area contributed by atoms with E-state index < -0.39 is 0 Å². The fraction of sp³-hybridized carbons (Fsp3) is 0.571. The second-order valence-corrected chi connectivity index (χ2v) is 4.70. The molecule has 1 fully saturated rings. The van der Waals surface area contributed by atoms with Crippen LogP contribution in [0.15, 0.2) is 18.3 Å². The molecule has 1 unspecified atom stereocenters. The first-order valence-electron chi connectivity index (χ1n) is 6.74. The molecule has 102 valence electrons. The van der Waals surface area contributed by atoms with Crippen LogP contribution in [-0.4, -0.2) is 42.2 Å². The smallest absolute Gasteiger partial charge is 0.156 e. The van der Waals surface area contributed by atoms with Crippen molar-refractivity contribution in [3.63, 3.8) is 0 Å². The largest absolute Gasteiger partial charge is 0.370 e. The molecule has 1 aliphatic rings. The maximum absolute atomic E-state index is 8.89. The summed E-state index contributed by atoms with van der Waals surface area (Å²) in [5.41, 5.74) is 1.21. The van der Waals surface area contributed by atoms with E-state index in [1.165, 1.54) is 5.56 Å². The lowest BCUT2D eigenvalue weighted by atomic mass is 10.2.